The molecule has 0 aliphatic rings. The Kier molecular flexibility index (Phi) is 4.01. The number of pyridine rings is 1. The third-order valence-electron chi connectivity index (χ3n) is 2.51. The van der Waals surface area contributed by atoms with Gasteiger partial charge in [-0.3, -0.25) is 9.78 Å². The molecule has 4 nitrogen and oxygen atoms in total. The third-order valence-corrected chi connectivity index (χ3v) is 2.51. The second-order valence-electron chi connectivity index (χ2n) is 4.68. The van der Waals surface area contributed by atoms with Crippen molar-refractivity contribution < 1.29 is 4.79 Å². The van der Waals surface area contributed by atoms with Crippen molar-refractivity contribution >= 4 is 5.91 Å². The Morgan fingerprint density at radius 2 is 2.19 bits per heavy atom. The summed E-state index contributed by atoms with van der Waals surface area (Å²) in [5, 5.41) is 3.18. The van der Waals surface area contributed by atoms with Crippen LogP contribution in [0.5, 0.6) is 0 Å². The number of aromatic nitrogens is 1. The molecule has 0 aromatic carbocycles. The van der Waals surface area contributed by atoms with Gasteiger partial charge in [0.1, 0.15) is 0 Å². The lowest BCUT2D eigenvalue weighted by molar-refractivity contribution is -0.125. The second kappa shape index (κ2) is 5.07. The molecule has 0 fully saturated rings. The van der Waals surface area contributed by atoms with Crippen molar-refractivity contribution in [3.05, 3.63) is 29.6 Å². The molecule has 1 amide bonds. The van der Waals surface area contributed by atoms with Gasteiger partial charge in [-0.15, -0.1) is 0 Å². The van der Waals surface area contributed by atoms with Crippen molar-refractivity contribution in [3.8, 4) is 0 Å². The lowest BCUT2D eigenvalue weighted by atomic mass is 9.93. The monoisotopic (exact) mass is 221 g/mol. The number of carbonyl (C=O) groups is 1. The van der Waals surface area contributed by atoms with E-state index in [2.05, 4.69) is 10.3 Å². The van der Waals surface area contributed by atoms with E-state index in [1.165, 1.54) is 0 Å². The fraction of sp³-hybridized carbons (Fsp3) is 0.500. The third kappa shape index (κ3) is 3.62. The van der Waals surface area contributed by atoms with Gasteiger partial charge in [-0.2, -0.15) is 0 Å². The SMILES string of the molecule is Cc1ccc(CNCC(C)(C)C(N)=O)nc1. The first-order chi connectivity index (χ1) is 7.42. The van der Waals surface area contributed by atoms with Gasteiger partial charge in [-0.05, 0) is 32.4 Å². The Labute approximate surface area is 96.3 Å². The highest BCUT2D eigenvalue weighted by molar-refractivity contribution is 5.80. The summed E-state index contributed by atoms with van der Waals surface area (Å²) in [5.41, 5.74) is 6.86. The summed E-state index contributed by atoms with van der Waals surface area (Å²) in [5.74, 6) is -0.295. The van der Waals surface area contributed by atoms with E-state index in [-0.39, 0.29) is 5.91 Å². The minimum Gasteiger partial charge on any atom is -0.369 e. The number of aryl methyl sites for hydroxylation is 1. The second-order valence-corrected chi connectivity index (χ2v) is 4.68. The summed E-state index contributed by atoms with van der Waals surface area (Å²) in [7, 11) is 0. The standard InChI is InChI=1S/C12H19N3O/c1-9-4-5-10(15-6-9)7-14-8-12(2,3)11(13)16/h4-6,14H,7-8H2,1-3H3,(H2,13,16). The maximum atomic E-state index is 11.1. The molecule has 0 radical (unpaired) electrons. The number of nitrogens with one attached hydrogen (secondary N) is 1. The molecule has 0 saturated carbocycles. The van der Waals surface area contributed by atoms with E-state index in [0.29, 0.717) is 13.1 Å². The molecule has 1 aromatic heterocycles. The van der Waals surface area contributed by atoms with Gasteiger partial charge in [0, 0.05) is 19.3 Å². The summed E-state index contributed by atoms with van der Waals surface area (Å²) in [6.45, 7) is 6.85. The molecule has 3 N–H and O–H groups in total. The van der Waals surface area contributed by atoms with Crippen molar-refractivity contribution in [3.63, 3.8) is 0 Å². The van der Waals surface area contributed by atoms with Crippen molar-refractivity contribution in [1.82, 2.24) is 10.3 Å². The number of nitrogens with two attached hydrogens (primary N) is 1. The van der Waals surface area contributed by atoms with Gasteiger partial charge in [-0.1, -0.05) is 6.07 Å². The van der Waals surface area contributed by atoms with Crippen LogP contribution in [0.3, 0.4) is 0 Å². The summed E-state index contributed by atoms with van der Waals surface area (Å²) in [6.07, 6.45) is 1.83. The molecule has 0 unspecified atom stereocenters. The molecule has 0 spiro atoms. The van der Waals surface area contributed by atoms with Crippen LogP contribution in [0.1, 0.15) is 25.1 Å². The molecule has 88 valence electrons. The van der Waals surface area contributed by atoms with E-state index in [1.54, 1.807) is 0 Å². The van der Waals surface area contributed by atoms with Crippen LogP contribution in [0.4, 0.5) is 0 Å². The Morgan fingerprint density at radius 3 is 2.69 bits per heavy atom. The van der Waals surface area contributed by atoms with E-state index in [1.807, 2.05) is 39.1 Å². The molecule has 1 rings (SSSR count). The maximum Gasteiger partial charge on any atom is 0.224 e. The average molecular weight is 221 g/mol. The van der Waals surface area contributed by atoms with E-state index >= 15 is 0 Å². The normalized spacial score (nSPS) is 11.4. The van der Waals surface area contributed by atoms with E-state index in [0.717, 1.165) is 11.3 Å². The van der Waals surface area contributed by atoms with Gasteiger partial charge in [0.2, 0.25) is 5.91 Å². The fourth-order valence-corrected chi connectivity index (χ4v) is 1.19. The van der Waals surface area contributed by atoms with Crippen LogP contribution in [0.25, 0.3) is 0 Å². The van der Waals surface area contributed by atoms with Crippen LogP contribution in [0, 0.1) is 12.3 Å². The fourth-order valence-electron chi connectivity index (χ4n) is 1.19. The predicted molar refractivity (Wildman–Crippen MR) is 63.7 cm³/mol. The number of nitrogens with zero attached hydrogens (tertiary/aromatic N) is 1. The Balaban J connectivity index is 2.41. The van der Waals surface area contributed by atoms with Crippen molar-refractivity contribution in [2.24, 2.45) is 11.1 Å². The summed E-state index contributed by atoms with van der Waals surface area (Å²) in [4.78, 5) is 15.3. The summed E-state index contributed by atoms with van der Waals surface area (Å²) < 4.78 is 0. The van der Waals surface area contributed by atoms with Gasteiger partial charge in [-0.25, -0.2) is 0 Å². The lowest BCUT2D eigenvalue weighted by Crippen LogP contribution is -2.40. The van der Waals surface area contributed by atoms with Crippen LogP contribution >= 0.6 is 0 Å². The summed E-state index contributed by atoms with van der Waals surface area (Å²) in [6, 6.07) is 3.99. The largest absolute Gasteiger partial charge is 0.369 e. The average Bonchev–Trinajstić information content (AvgIpc) is 2.20. The van der Waals surface area contributed by atoms with Crippen LogP contribution in [-0.4, -0.2) is 17.4 Å². The highest BCUT2D eigenvalue weighted by Crippen LogP contribution is 2.12. The molecule has 1 aromatic rings. The number of hydrogen-bond donors (Lipinski definition) is 2. The maximum absolute atomic E-state index is 11.1. The van der Waals surface area contributed by atoms with Crippen molar-refractivity contribution in [2.45, 2.75) is 27.3 Å². The lowest BCUT2D eigenvalue weighted by Gasteiger charge is -2.20. The number of primary amides is 1. The molecule has 16 heavy (non-hydrogen) atoms. The topological polar surface area (TPSA) is 68.0 Å². The number of carbonyl (C=O) groups excluding carboxylic acids is 1. The number of hydrogen-bond acceptors (Lipinski definition) is 3. The van der Waals surface area contributed by atoms with Gasteiger partial charge < -0.3 is 11.1 Å². The molecule has 0 aliphatic heterocycles. The molecular formula is C12H19N3O. The first-order valence-corrected chi connectivity index (χ1v) is 5.34. The van der Waals surface area contributed by atoms with Gasteiger partial charge in [0.05, 0.1) is 11.1 Å². The quantitative estimate of drug-likeness (QED) is 0.779. The molecule has 0 aliphatic carbocycles. The molecule has 0 saturated heterocycles. The molecule has 1 heterocycles. The number of rotatable bonds is 5. The minimum atomic E-state index is -0.523. The van der Waals surface area contributed by atoms with Crippen LogP contribution < -0.4 is 11.1 Å². The highest BCUT2D eigenvalue weighted by Gasteiger charge is 2.23. The Morgan fingerprint density at radius 1 is 1.50 bits per heavy atom. The molecule has 0 atom stereocenters. The predicted octanol–water partition coefficient (Wildman–Crippen LogP) is 0.991. The summed E-state index contributed by atoms with van der Waals surface area (Å²) >= 11 is 0. The van der Waals surface area contributed by atoms with E-state index < -0.39 is 5.41 Å². The first-order valence-electron chi connectivity index (χ1n) is 5.34. The van der Waals surface area contributed by atoms with Gasteiger partial charge >= 0.3 is 0 Å². The molecule has 4 heteroatoms. The van der Waals surface area contributed by atoms with Crippen molar-refractivity contribution in [1.29, 1.82) is 0 Å². The number of amides is 1. The minimum absolute atomic E-state index is 0.295. The Hall–Kier alpha value is -1.42. The zero-order chi connectivity index (χ0) is 12.2. The smallest absolute Gasteiger partial charge is 0.224 e. The highest BCUT2D eigenvalue weighted by atomic mass is 16.1. The van der Waals surface area contributed by atoms with Crippen molar-refractivity contribution in [2.75, 3.05) is 6.54 Å². The zero-order valence-electron chi connectivity index (χ0n) is 10.1. The van der Waals surface area contributed by atoms with Gasteiger partial charge in [0.15, 0.2) is 0 Å². The van der Waals surface area contributed by atoms with Crippen LogP contribution in [0.2, 0.25) is 0 Å². The first kappa shape index (κ1) is 12.6. The van der Waals surface area contributed by atoms with Gasteiger partial charge in [0.25, 0.3) is 0 Å². The van der Waals surface area contributed by atoms with Crippen LogP contribution in [0.15, 0.2) is 18.3 Å². The van der Waals surface area contributed by atoms with E-state index in [4.69, 9.17) is 5.73 Å². The Bertz CT molecular complexity index is 357. The zero-order valence-corrected chi connectivity index (χ0v) is 10.1. The van der Waals surface area contributed by atoms with Crippen LogP contribution in [-0.2, 0) is 11.3 Å². The molecular weight excluding hydrogens is 202 g/mol. The molecule has 0 bridgehead atoms. The van der Waals surface area contributed by atoms with E-state index in [9.17, 15) is 4.79 Å².